The second-order valence-electron chi connectivity index (χ2n) is 5.66. The van der Waals surface area contributed by atoms with Gasteiger partial charge in [0.15, 0.2) is 11.5 Å². The van der Waals surface area contributed by atoms with Crippen LogP contribution in [0.5, 0.6) is 17.2 Å². The first-order chi connectivity index (χ1) is 13.1. The third-order valence-electron chi connectivity index (χ3n) is 3.84. The molecule has 1 saturated heterocycles. The van der Waals surface area contributed by atoms with Crippen LogP contribution in [0.15, 0.2) is 53.4 Å². The number of carbonyl (C=O) groups is 1. The van der Waals surface area contributed by atoms with Crippen molar-refractivity contribution in [2.45, 2.75) is 0 Å². The first kappa shape index (κ1) is 19.3. The Hall–Kier alpha value is -2.51. The van der Waals surface area contributed by atoms with Crippen LogP contribution in [-0.4, -0.2) is 42.5 Å². The SMILES string of the molecule is COc1ccccc1OCCOc1ccc(/C=C2/SC(=S)N(C)C2=O)cc1. The standard InChI is InChI=1S/C20H19NO4S2/c1-21-19(22)18(27-20(21)26)13-14-7-9-15(10-8-14)24-11-12-25-17-6-4-3-5-16(17)23-2/h3-10,13H,11-12H2,1-2H3/b18-13+. The molecular weight excluding hydrogens is 382 g/mol. The lowest BCUT2D eigenvalue weighted by Gasteiger charge is -2.11. The van der Waals surface area contributed by atoms with E-state index in [0.29, 0.717) is 33.9 Å². The van der Waals surface area contributed by atoms with Crippen molar-refractivity contribution in [2.24, 2.45) is 0 Å². The van der Waals surface area contributed by atoms with E-state index in [-0.39, 0.29) is 5.91 Å². The number of benzene rings is 2. The maximum atomic E-state index is 12.0. The van der Waals surface area contributed by atoms with Gasteiger partial charge >= 0.3 is 0 Å². The highest BCUT2D eigenvalue weighted by Crippen LogP contribution is 2.31. The Morgan fingerprint density at radius 2 is 1.70 bits per heavy atom. The van der Waals surface area contributed by atoms with E-state index >= 15 is 0 Å². The van der Waals surface area contributed by atoms with Crippen LogP contribution in [0.4, 0.5) is 0 Å². The van der Waals surface area contributed by atoms with E-state index < -0.39 is 0 Å². The number of thiocarbonyl (C=S) groups is 1. The Morgan fingerprint density at radius 1 is 1.04 bits per heavy atom. The minimum absolute atomic E-state index is 0.0705. The molecule has 0 unspecified atom stereocenters. The monoisotopic (exact) mass is 401 g/mol. The molecule has 27 heavy (non-hydrogen) atoms. The molecular formula is C20H19NO4S2. The van der Waals surface area contributed by atoms with E-state index in [0.717, 1.165) is 11.3 Å². The molecule has 0 bridgehead atoms. The molecule has 0 radical (unpaired) electrons. The molecule has 0 aromatic heterocycles. The molecule has 1 aliphatic rings. The number of ether oxygens (including phenoxy) is 3. The van der Waals surface area contributed by atoms with Gasteiger partial charge in [0, 0.05) is 7.05 Å². The Morgan fingerprint density at radius 3 is 2.33 bits per heavy atom. The highest BCUT2D eigenvalue weighted by molar-refractivity contribution is 8.26. The molecule has 1 aliphatic heterocycles. The summed E-state index contributed by atoms with van der Waals surface area (Å²) in [6.45, 7) is 0.812. The van der Waals surface area contributed by atoms with Crippen molar-refractivity contribution >= 4 is 40.3 Å². The molecule has 0 atom stereocenters. The number of likely N-dealkylation sites (N-methyl/N-ethyl adjacent to an activating group) is 1. The van der Waals surface area contributed by atoms with Crippen LogP contribution < -0.4 is 14.2 Å². The topological polar surface area (TPSA) is 48.0 Å². The molecule has 140 valence electrons. The number of hydrogen-bond acceptors (Lipinski definition) is 6. The number of rotatable bonds is 7. The van der Waals surface area contributed by atoms with E-state index in [4.69, 9.17) is 26.4 Å². The number of thioether (sulfide) groups is 1. The minimum Gasteiger partial charge on any atom is -0.493 e. The zero-order valence-corrected chi connectivity index (χ0v) is 16.6. The maximum absolute atomic E-state index is 12.0. The van der Waals surface area contributed by atoms with Gasteiger partial charge in [0.25, 0.3) is 5.91 Å². The van der Waals surface area contributed by atoms with Gasteiger partial charge < -0.3 is 14.2 Å². The highest BCUT2D eigenvalue weighted by Gasteiger charge is 2.28. The van der Waals surface area contributed by atoms with Gasteiger partial charge in [-0.05, 0) is 35.9 Å². The summed E-state index contributed by atoms with van der Waals surface area (Å²) in [6.07, 6.45) is 1.83. The Bertz CT molecular complexity index is 865. The first-order valence-electron chi connectivity index (χ1n) is 8.28. The zero-order valence-electron chi connectivity index (χ0n) is 15.0. The number of carbonyl (C=O) groups excluding carboxylic acids is 1. The molecule has 7 heteroatoms. The van der Waals surface area contributed by atoms with Crippen LogP contribution in [0, 0.1) is 0 Å². The molecule has 0 N–H and O–H groups in total. The van der Waals surface area contributed by atoms with Crippen molar-refractivity contribution in [3.05, 3.63) is 59.0 Å². The molecule has 1 heterocycles. The van der Waals surface area contributed by atoms with Crippen molar-refractivity contribution in [3.63, 3.8) is 0 Å². The van der Waals surface area contributed by atoms with E-state index in [9.17, 15) is 4.79 Å². The summed E-state index contributed by atoms with van der Waals surface area (Å²) in [6, 6.07) is 15.0. The van der Waals surface area contributed by atoms with Gasteiger partial charge in [0.05, 0.1) is 12.0 Å². The third-order valence-corrected chi connectivity index (χ3v) is 5.33. The lowest BCUT2D eigenvalue weighted by Crippen LogP contribution is -2.22. The summed E-state index contributed by atoms with van der Waals surface area (Å²) in [7, 11) is 3.29. The van der Waals surface area contributed by atoms with Crippen LogP contribution in [0.3, 0.4) is 0 Å². The number of para-hydroxylation sites is 2. The van der Waals surface area contributed by atoms with Crippen LogP contribution in [0.25, 0.3) is 6.08 Å². The molecule has 1 fully saturated rings. The summed E-state index contributed by atoms with van der Waals surface area (Å²) in [5, 5.41) is 0. The Labute approximate surface area is 167 Å². The van der Waals surface area contributed by atoms with Gasteiger partial charge in [-0.3, -0.25) is 9.69 Å². The van der Waals surface area contributed by atoms with Gasteiger partial charge in [-0.25, -0.2) is 0 Å². The van der Waals surface area contributed by atoms with Gasteiger partial charge in [-0.15, -0.1) is 0 Å². The number of nitrogens with zero attached hydrogens (tertiary/aromatic N) is 1. The molecule has 1 amide bonds. The van der Waals surface area contributed by atoms with Gasteiger partial charge in [0.2, 0.25) is 0 Å². The molecule has 0 spiro atoms. The van der Waals surface area contributed by atoms with E-state index in [2.05, 4.69) is 0 Å². The van der Waals surface area contributed by atoms with Gasteiger partial charge in [0.1, 0.15) is 23.3 Å². The van der Waals surface area contributed by atoms with Crippen LogP contribution in [0.2, 0.25) is 0 Å². The average molecular weight is 402 g/mol. The van der Waals surface area contributed by atoms with Gasteiger partial charge in [-0.1, -0.05) is 48.2 Å². The Balaban J connectivity index is 1.51. The molecule has 0 aliphatic carbocycles. The average Bonchev–Trinajstić information content (AvgIpc) is 2.93. The van der Waals surface area contributed by atoms with Crippen molar-refractivity contribution in [2.75, 3.05) is 27.4 Å². The fraction of sp³-hybridized carbons (Fsp3) is 0.200. The molecule has 2 aromatic carbocycles. The summed E-state index contributed by atoms with van der Waals surface area (Å²) < 4.78 is 17.2. The smallest absolute Gasteiger partial charge is 0.265 e. The van der Waals surface area contributed by atoms with Crippen molar-refractivity contribution in [3.8, 4) is 17.2 Å². The number of methoxy groups -OCH3 is 1. The quantitative estimate of drug-likeness (QED) is 0.397. The number of amides is 1. The summed E-state index contributed by atoms with van der Waals surface area (Å²) in [4.78, 5) is 14.1. The van der Waals surface area contributed by atoms with Crippen LogP contribution in [0.1, 0.15) is 5.56 Å². The molecule has 5 nitrogen and oxygen atoms in total. The first-order valence-corrected chi connectivity index (χ1v) is 9.51. The fourth-order valence-corrected chi connectivity index (χ4v) is 3.59. The van der Waals surface area contributed by atoms with E-state index in [1.54, 1.807) is 14.2 Å². The predicted octanol–water partition coefficient (Wildman–Crippen LogP) is 3.98. The second kappa shape index (κ2) is 8.92. The summed E-state index contributed by atoms with van der Waals surface area (Å²) >= 11 is 6.44. The summed E-state index contributed by atoms with van der Waals surface area (Å²) in [5.41, 5.74) is 0.918. The predicted molar refractivity (Wildman–Crippen MR) is 111 cm³/mol. The highest BCUT2D eigenvalue weighted by atomic mass is 32.2. The van der Waals surface area contributed by atoms with Crippen molar-refractivity contribution in [1.29, 1.82) is 0 Å². The van der Waals surface area contributed by atoms with E-state index in [1.807, 2.05) is 54.6 Å². The van der Waals surface area contributed by atoms with Gasteiger partial charge in [-0.2, -0.15) is 0 Å². The molecule has 3 rings (SSSR count). The largest absolute Gasteiger partial charge is 0.493 e. The van der Waals surface area contributed by atoms with Crippen LogP contribution >= 0.6 is 24.0 Å². The van der Waals surface area contributed by atoms with Crippen molar-refractivity contribution in [1.82, 2.24) is 4.90 Å². The zero-order chi connectivity index (χ0) is 19.2. The number of hydrogen-bond donors (Lipinski definition) is 0. The van der Waals surface area contributed by atoms with Crippen molar-refractivity contribution < 1.29 is 19.0 Å². The third kappa shape index (κ3) is 4.81. The van der Waals surface area contributed by atoms with E-state index in [1.165, 1.54) is 16.7 Å². The normalized spacial score (nSPS) is 15.3. The van der Waals surface area contributed by atoms with Crippen LogP contribution in [-0.2, 0) is 4.79 Å². The lowest BCUT2D eigenvalue weighted by molar-refractivity contribution is -0.121. The minimum atomic E-state index is -0.0705. The Kier molecular flexibility index (Phi) is 6.36. The lowest BCUT2D eigenvalue weighted by atomic mass is 10.2. The molecule has 2 aromatic rings. The molecule has 0 saturated carbocycles. The summed E-state index contributed by atoms with van der Waals surface area (Å²) in [5.74, 6) is 2.05. The maximum Gasteiger partial charge on any atom is 0.265 e. The second-order valence-corrected chi connectivity index (χ2v) is 7.33. The fourth-order valence-electron chi connectivity index (χ4n) is 2.41.